The van der Waals surface area contributed by atoms with Gasteiger partial charge >= 0.3 is 0 Å². The largest absolute Gasteiger partial charge is 0.497 e. The molecule has 6 heteroatoms. The number of carbonyl (C=O) groups is 2. The highest BCUT2D eigenvalue weighted by molar-refractivity contribution is 7.99. The van der Waals surface area contributed by atoms with Crippen molar-refractivity contribution in [2.45, 2.75) is 51.4 Å². The Kier molecular flexibility index (Phi) is 11.6. The van der Waals surface area contributed by atoms with Crippen LogP contribution < -0.4 is 10.1 Å². The Labute approximate surface area is 225 Å². The molecule has 0 spiro atoms. The lowest BCUT2D eigenvalue weighted by atomic mass is 10.0. The lowest BCUT2D eigenvalue weighted by molar-refractivity contribution is -0.139. The van der Waals surface area contributed by atoms with E-state index in [1.807, 2.05) is 54.6 Å². The molecule has 1 atom stereocenters. The second-order valence-corrected chi connectivity index (χ2v) is 10.2. The van der Waals surface area contributed by atoms with Gasteiger partial charge in [-0.1, -0.05) is 85.6 Å². The van der Waals surface area contributed by atoms with Crippen molar-refractivity contribution in [3.63, 3.8) is 0 Å². The van der Waals surface area contributed by atoms with Gasteiger partial charge in [0.05, 0.1) is 12.9 Å². The van der Waals surface area contributed by atoms with Crippen molar-refractivity contribution in [3.8, 4) is 5.75 Å². The second-order valence-electron chi connectivity index (χ2n) is 9.20. The first-order chi connectivity index (χ1) is 18.0. The third kappa shape index (κ3) is 9.29. The highest BCUT2D eigenvalue weighted by Crippen LogP contribution is 2.21. The molecule has 3 aromatic carbocycles. The lowest BCUT2D eigenvalue weighted by Gasteiger charge is -2.31. The van der Waals surface area contributed by atoms with Gasteiger partial charge < -0.3 is 15.0 Å². The van der Waals surface area contributed by atoms with Crippen LogP contribution in [0.15, 0.2) is 78.9 Å². The zero-order chi connectivity index (χ0) is 26.5. The van der Waals surface area contributed by atoms with Crippen LogP contribution in [0.25, 0.3) is 0 Å². The fourth-order valence-electron chi connectivity index (χ4n) is 4.05. The van der Waals surface area contributed by atoms with E-state index in [0.717, 1.165) is 35.5 Å². The molecule has 2 amide bonds. The summed E-state index contributed by atoms with van der Waals surface area (Å²) >= 11 is 1.58. The first kappa shape index (κ1) is 28.3. The highest BCUT2D eigenvalue weighted by Gasteiger charge is 2.30. The Morgan fingerprint density at radius 2 is 1.68 bits per heavy atom. The van der Waals surface area contributed by atoms with Crippen molar-refractivity contribution in [2.75, 3.05) is 19.4 Å². The van der Waals surface area contributed by atoms with E-state index >= 15 is 0 Å². The first-order valence-corrected chi connectivity index (χ1v) is 14.0. The van der Waals surface area contributed by atoms with Crippen LogP contribution in [0, 0.1) is 6.92 Å². The molecule has 3 rings (SSSR count). The van der Waals surface area contributed by atoms with Crippen LogP contribution in [0.2, 0.25) is 0 Å². The standard InChI is InChI=1S/C31H38N2O3S/c1-4-5-18-32-31(35)29(20-25-10-7-6-8-11-25)33(21-27-12-9-13-28(19-27)36-3)30(34)23-37-22-26-16-14-24(2)15-17-26/h6-17,19,29H,4-5,18,20-23H2,1-3H3,(H,32,35)/t29-/m1/s1. The first-order valence-electron chi connectivity index (χ1n) is 12.9. The molecule has 5 nitrogen and oxygen atoms in total. The van der Waals surface area contributed by atoms with Crippen LogP contribution in [0.1, 0.15) is 42.0 Å². The Hall–Kier alpha value is -3.25. The van der Waals surface area contributed by atoms with Gasteiger partial charge in [0, 0.05) is 25.3 Å². The van der Waals surface area contributed by atoms with Crippen LogP contribution >= 0.6 is 11.8 Å². The molecule has 3 aromatic rings. The summed E-state index contributed by atoms with van der Waals surface area (Å²) in [5.74, 6) is 1.60. The average Bonchev–Trinajstić information content (AvgIpc) is 2.92. The summed E-state index contributed by atoms with van der Waals surface area (Å²) in [7, 11) is 1.63. The predicted molar refractivity (Wildman–Crippen MR) is 153 cm³/mol. The van der Waals surface area contributed by atoms with Gasteiger partial charge in [0.25, 0.3) is 0 Å². The molecule has 0 unspecified atom stereocenters. The zero-order valence-electron chi connectivity index (χ0n) is 22.1. The number of hydrogen-bond acceptors (Lipinski definition) is 4. The molecule has 0 saturated carbocycles. The van der Waals surface area contributed by atoms with Gasteiger partial charge in [-0.25, -0.2) is 0 Å². The molecular formula is C31H38N2O3S. The van der Waals surface area contributed by atoms with E-state index in [2.05, 4.69) is 43.4 Å². The van der Waals surface area contributed by atoms with Gasteiger partial charge in [-0.05, 0) is 42.2 Å². The topological polar surface area (TPSA) is 58.6 Å². The monoisotopic (exact) mass is 518 g/mol. The highest BCUT2D eigenvalue weighted by atomic mass is 32.2. The number of unbranched alkanes of at least 4 members (excludes halogenated alkanes) is 1. The third-order valence-corrected chi connectivity index (χ3v) is 7.19. The number of nitrogens with zero attached hydrogens (tertiary/aromatic N) is 1. The molecule has 0 bridgehead atoms. The van der Waals surface area contributed by atoms with E-state index in [1.165, 1.54) is 11.1 Å². The van der Waals surface area contributed by atoms with Crippen molar-refractivity contribution >= 4 is 23.6 Å². The lowest BCUT2D eigenvalue weighted by Crippen LogP contribution is -2.51. The molecule has 0 radical (unpaired) electrons. The van der Waals surface area contributed by atoms with Gasteiger partial charge in [0.15, 0.2) is 0 Å². The normalized spacial score (nSPS) is 11.5. The molecule has 1 N–H and O–H groups in total. The minimum atomic E-state index is -0.613. The minimum Gasteiger partial charge on any atom is -0.497 e. The Morgan fingerprint density at radius 3 is 2.38 bits per heavy atom. The predicted octanol–water partition coefficient (Wildman–Crippen LogP) is 5.79. The number of rotatable bonds is 14. The maximum atomic E-state index is 13.7. The van der Waals surface area contributed by atoms with Crippen molar-refractivity contribution in [1.29, 1.82) is 0 Å². The molecule has 0 aliphatic rings. The van der Waals surface area contributed by atoms with Gasteiger partial charge in [-0.2, -0.15) is 0 Å². The molecule has 0 fully saturated rings. The summed E-state index contributed by atoms with van der Waals surface area (Å²) in [4.78, 5) is 28.9. The molecule has 0 saturated heterocycles. The number of carbonyl (C=O) groups excluding carboxylic acids is 2. The van der Waals surface area contributed by atoms with Gasteiger partial charge in [-0.3, -0.25) is 9.59 Å². The van der Waals surface area contributed by atoms with E-state index < -0.39 is 6.04 Å². The van der Waals surface area contributed by atoms with E-state index in [0.29, 0.717) is 25.3 Å². The zero-order valence-corrected chi connectivity index (χ0v) is 22.9. The summed E-state index contributed by atoms with van der Waals surface area (Å²) in [5, 5.41) is 3.07. The third-order valence-electron chi connectivity index (χ3n) is 6.20. The molecule has 0 aromatic heterocycles. The maximum absolute atomic E-state index is 13.7. The van der Waals surface area contributed by atoms with Crippen LogP contribution in [0.3, 0.4) is 0 Å². The average molecular weight is 519 g/mol. The van der Waals surface area contributed by atoms with Crippen LogP contribution in [0.5, 0.6) is 5.75 Å². The number of benzene rings is 3. The molecular weight excluding hydrogens is 480 g/mol. The van der Waals surface area contributed by atoms with E-state index in [9.17, 15) is 9.59 Å². The van der Waals surface area contributed by atoms with Crippen LogP contribution in [-0.2, 0) is 28.3 Å². The number of thioether (sulfide) groups is 1. The fraction of sp³-hybridized carbons (Fsp3) is 0.355. The number of nitrogens with one attached hydrogen (secondary N) is 1. The number of amides is 2. The van der Waals surface area contributed by atoms with Gasteiger partial charge in [0.2, 0.25) is 11.8 Å². The fourth-order valence-corrected chi connectivity index (χ4v) is 4.92. The number of ether oxygens (including phenoxy) is 1. The second kappa shape index (κ2) is 15.1. The summed E-state index contributed by atoms with van der Waals surface area (Å²) in [6.07, 6.45) is 2.35. The number of hydrogen-bond donors (Lipinski definition) is 1. The molecule has 0 aliphatic carbocycles. The minimum absolute atomic E-state index is 0.0495. The van der Waals surface area contributed by atoms with Gasteiger partial charge in [-0.15, -0.1) is 11.8 Å². The van der Waals surface area contributed by atoms with Crippen LogP contribution in [0.4, 0.5) is 0 Å². The Bertz CT molecular complexity index is 1120. The van der Waals surface area contributed by atoms with Crippen molar-refractivity contribution in [3.05, 3.63) is 101 Å². The Balaban J connectivity index is 1.84. The molecule has 196 valence electrons. The quantitative estimate of drug-likeness (QED) is 0.274. The van der Waals surface area contributed by atoms with Gasteiger partial charge in [0.1, 0.15) is 11.8 Å². The summed E-state index contributed by atoms with van der Waals surface area (Å²) < 4.78 is 5.40. The summed E-state index contributed by atoms with van der Waals surface area (Å²) in [6.45, 7) is 5.09. The van der Waals surface area contributed by atoms with E-state index in [-0.39, 0.29) is 11.8 Å². The van der Waals surface area contributed by atoms with Crippen molar-refractivity contribution < 1.29 is 14.3 Å². The number of aryl methyl sites for hydroxylation is 1. The van der Waals surface area contributed by atoms with Crippen molar-refractivity contribution in [1.82, 2.24) is 10.2 Å². The van der Waals surface area contributed by atoms with Crippen LogP contribution in [-0.4, -0.2) is 42.2 Å². The Morgan fingerprint density at radius 1 is 0.946 bits per heavy atom. The molecule has 0 heterocycles. The van der Waals surface area contributed by atoms with E-state index in [4.69, 9.17) is 4.74 Å². The SMILES string of the molecule is CCCCNC(=O)[C@@H](Cc1ccccc1)N(Cc1cccc(OC)c1)C(=O)CSCc1ccc(C)cc1. The molecule has 37 heavy (non-hydrogen) atoms. The summed E-state index contributed by atoms with van der Waals surface area (Å²) in [5.41, 5.74) is 4.34. The smallest absolute Gasteiger partial charge is 0.243 e. The summed E-state index contributed by atoms with van der Waals surface area (Å²) in [6, 6.07) is 25.3. The van der Waals surface area contributed by atoms with Crippen molar-refractivity contribution in [2.24, 2.45) is 0 Å². The number of methoxy groups -OCH3 is 1. The van der Waals surface area contributed by atoms with E-state index in [1.54, 1.807) is 23.8 Å². The maximum Gasteiger partial charge on any atom is 0.243 e. The molecule has 0 aliphatic heterocycles.